The van der Waals surface area contributed by atoms with Crippen molar-refractivity contribution >= 4 is 12.2 Å². The second kappa shape index (κ2) is 7.98. The number of likely N-dealkylation sites (tertiary alicyclic amines) is 1. The van der Waals surface area contributed by atoms with Crippen LogP contribution < -0.4 is 0 Å². The normalized spacial score (nSPS) is 15.9. The molecule has 0 aliphatic carbocycles. The summed E-state index contributed by atoms with van der Waals surface area (Å²) in [4.78, 5) is 22.9. The average Bonchev–Trinajstić information content (AvgIpc) is 2.29. The lowest BCUT2D eigenvalue weighted by Gasteiger charge is -2.27. The van der Waals surface area contributed by atoms with E-state index in [1.54, 1.807) is 11.8 Å². The number of amides is 1. The monoisotopic (exact) mass is 210 g/mol. The molecule has 0 aromatic carbocycles. The summed E-state index contributed by atoms with van der Waals surface area (Å²) in [5.74, 6) is 0.460. The largest absolute Gasteiger partial charge is 0.345 e. The Morgan fingerprint density at radius 2 is 2.00 bits per heavy atom. The van der Waals surface area contributed by atoms with Gasteiger partial charge in [-0.15, -0.1) is 0 Å². The van der Waals surface area contributed by atoms with Crippen LogP contribution in [0.15, 0.2) is 0 Å². The SMILES string of the molecule is CC(=O)C1CCN(C=O)CC1.CCC#N. The van der Waals surface area contributed by atoms with Crippen LogP contribution in [-0.2, 0) is 9.59 Å². The molecule has 1 amide bonds. The first kappa shape index (κ1) is 13.6. The van der Waals surface area contributed by atoms with Crippen LogP contribution in [0, 0.1) is 17.2 Å². The van der Waals surface area contributed by atoms with Crippen molar-refractivity contribution < 1.29 is 9.59 Å². The van der Waals surface area contributed by atoms with E-state index in [1.165, 1.54) is 0 Å². The van der Waals surface area contributed by atoms with E-state index in [2.05, 4.69) is 0 Å². The molecular weight excluding hydrogens is 192 g/mol. The molecule has 1 aliphatic rings. The van der Waals surface area contributed by atoms with E-state index in [0.717, 1.165) is 32.3 Å². The Kier molecular flexibility index (Phi) is 7.25. The van der Waals surface area contributed by atoms with Crippen LogP contribution in [0.2, 0.25) is 0 Å². The number of hydrogen-bond donors (Lipinski definition) is 0. The van der Waals surface area contributed by atoms with E-state index < -0.39 is 0 Å². The molecule has 0 atom stereocenters. The van der Waals surface area contributed by atoms with Crippen molar-refractivity contribution in [1.82, 2.24) is 4.90 Å². The molecule has 15 heavy (non-hydrogen) atoms. The van der Waals surface area contributed by atoms with E-state index in [0.29, 0.717) is 6.42 Å². The highest BCUT2D eigenvalue weighted by Crippen LogP contribution is 2.16. The molecule has 1 rings (SSSR count). The van der Waals surface area contributed by atoms with Gasteiger partial charge >= 0.3 is 0 Å². The maximum atomic E-state index is 10.9. The fourth-order valence-corrected chi connectivity index (χ4v) is 1.41. The van der Waals surface area contributed by atoms with Crippen LogP contribution in [0.1, 0.15) is 33.1 Å². The Morgan fingerprint density at radius 1 is 1.53 bits per heavy atom. The fourth-order valence-electron chi connectivity index (χ4n) is 1.41. The fraction of sp³-hybridized carbons (Fsp3) is 0.727. The Balaban J connectivity index is 0.000000423. The van der Waals surface area contributed by atoms with Gasteiger partial charge in [-0.1, -0.05) is 6.92 Å². The molecule has 1 fully saturated rings. The Labute approximate surface area is 90.9 Å². The molecule has 1 heterocycles. The average molecular weight is 210 g/mol. The molecule has 1 aliphatic heterocycles. The summed E-state index contributed by atoms with van der Waals surface area (Å²) >= 11 is 0. The van der Waals surface area contributed by atoms with E-state index in [9.17, 15) is 9.59 Å². The summed E-state index contributed by atoms with van der Waals surface area (Å²) < 4.78 is 0. The molecule has 0 bridgehead atoms. The molecule has 0 saturated carbocycles. The summed E-state index contributed by atoms with van der Waals surface area (Å²) in [5, 5.41) is 7.62. The van der Waals surface area contributed by atoms with Crippen molar-refractivity contribution in [3.63, 3.8) is 0 Å². The maximum Gasteiger partial charge on any atom is 0.209 e. The van der Waals surface area contributed by atoms with Gasteiger partial charge in [-0.3, -0.25) is 9.59 Å². The van der Waals surface area contributed by atoms with Crippen LogP contribution in [0.5, 0.6) is 0 Å². The van der Waals surface area contributed by atoms with Gasteiger partial charge in [-0.25, -0.2) is 0 Å². The minimum Gasteiger partial charge on any atom is -0.345 e. The smallest absolute Gasteiger partial charge is 0.209 e. The molecule has 4 heteroatoms. The van der Waals surface area contributed by atoms with Gasteiger partial charge in [0, 0.05) is 25.4 Å². The van der Waals surface area contributed by atoms with Crippen LogP contribution in [0.3, 0.4) is 0 Å². The van der Waals surface area contributed by atoms with Crippen molar-refractivity contribution in [1.29, 1.82) is 5.26 Å². The number of hydrogen-bond acceptors (Lipinski definition) is 3. The van der Waals surface area contributed by atoms with Gasteiger partial charge in [0.25, 0.3) is 0 Å². The van der Waals surface area contributed by atoms with Gasteiger partial charge in [0.2, 0.25) is 6.41 Å². The highest BCUT2D eigenvalue weighted by molar-refractivity contribution is 5.78. The van der Waals surface area contributed by atoms with Crippen molar-refractivity contribution in [3.8, 4) is 6.07 Å². The lowest BCUT2D eigenvalue weighted by molar-refractivity contribution is -0.125. The topological polar surface area (TPSA) is 61.2 Å². The minimum atomic E-state index is 0.200. The number of carbonyl (C=O) groups is 2. The first-order valence-corrected chi connectivity index (χ1v) is 5.22. The molecule has 0 N–H and O–H groups in total. The number of ketones is 1. The Hall–Kier alpha value is -1.37. The van der Waals surface area contributed by atoms with Gasteiger partial charge in [0.15, 0.2) is 0 Å². The maximum absolute atomic E-state index is 10.9. The van der Waals surface area contributed by atoms with Crippen LogP contribution in [0.4, 0.5) is 0 Å². The van der Waals surface area contributed by atoms with Crippen LogP contribution in [-0.4, -0.2) is 30.2 Å². The van der Waals surface area contributed by atoms with Gasteiger partial charge in [0.1, 0.15) is 5.78 Å². The standard InChI is InChI=1S/C8H13NO2.C3H5N/c1-7(11)8-2-4-9(6-10)5-3-8;1-2-3-4/h6,8H,2-5H2,1H3;2H2,1H3. The first-order chi connectivity index (χ1) is 7.15. The zero-order valence-electron chi connectivity index (χ0n) is 9.40. The van der Waals surface area contributed by atoms with Crippen LogP contribution >= 0.6 is 0 Å². The predicted molar refractivity (Wildman–Crippen MR) is 56.9 cm³/mol. The third kappa shape index (κ3) is 5.84. The summed E-state index contributed by atoms with van der Waals surface area (Å²) in [6.07, 6.45) is 3.17. The van der Waals surface area contributed by atoms with Gasteiger partial charge in [0.05, 0.1) is 6.07 Å². The van der Waals surface area contributed by atoms with E-state index in [1.807, 2.05) is 13.0 Å². The van der Waals surface area contributed by atoms with Crippen molar-refractivity contribution in [2.24, 2.45) is 5.92 Å². The summed E-state index contributed by atoms with van der Waals surface area (Å²) in [5.41, 5.74) is 0. The summed E-state index contributed by atoms with van der Waals surface area (Å²) in [7, 11) is 0. The quantitative estimate of drug-likeness (QED) is 0.646. The number of nitriles is 1. The molecule has 84 valence electrons. The van der Waals surface area contributed by atoms with Crippen molar-refractivity contribution in [2.75, 3.05) is 13.1 Å². The lowest BCUT2D eigenvalue weighted by atomic mass is 9.94. The minimum absolute atomic E-state index is 0.200. The van der Waals surface area contributed by atoms with E-state index in [4.69, 9.17) is 5.26 Å². The molecule has 1 saturated heterocycles. The lowest BCUT2D eigenvalue weighted by Crippen LogP contribution is -2.34. The van der Waals surface area contributed by atoms with Crippen LogP contribution in [0.25, 0.3) is 0 Å². The van der Waals surface area contributed by atoms with Crippen molar-refractivity contribution in [2.45, 2.75) is 33.1 Å². The Bertz CT molecular complexity index is 237. The summed E-state index contributed by atoms with van der Waals surface area (Å²) in [6, 6.07) is 1.93. The summed E-state index contributed by atoms with van der Waals surface area (Å²) in [6.45, 7) is 4.93. The first-order valence-electron chi connectivity index (χ1n) is 5.22. The highest BCUT2D eigenvalue weighted by atomic mass is 16.1. The molecule has 0 aromatic heterocycles. The third-order valence-electron chi connectivity index (χ3n) is 2.41. The second-order valence-corrected chi connectivity index (χ2v) is 3.54. The second-order valence-electron chi connectivity index (χ2n) is 3.54. The van der Waals surface area contributed by atoms with Gasteiger partial charge in [-0.2, -0.15) is 5.26 Å². The van der Waals surface area contributed by atoms with E-state index in [-0.39, 0.29) is 11.7 Å². The number of nitrogens with zero attached hydrogens (tertiary/aromatic N) is 2. The van der Waals surface area contributed by atoms with E-state index >= 15 is 0 Å². The molecular formula is C11H18N2O2. The molecule has 0 unspecified atom stereocenters. The van der Waals surface area contributed by atoms with Gasteiger partial charge < -0.3 is 4.90 Å². The third-order valence-corrected chi connectivity index (χ3v) is 2.41. The molecule has 0 aromatic rings. The highest BCUT2D eigenvalue weighted by Gasteiger charge is 2.20. The van der Waals surface area contributed by atoms with Gasteiger partial charge in [-0.05, 0) is 19.8 Å². The van der Waals surface area contributed by atoms with Crippen molar-refractivity contribution in [3.05, 3.63) is 0 Å². The zero-order valence-corrected chi connectivity index (χ0v) is 9.40. The Morgan fingerprint density at radius 3 is 2.27 bits per heavy atom. The number of Topliss-reactive ketones (excluding diaryl/α,β-unsaturated/α-hetero) is 1. The number of rotatable bonds is 2. The molecule has 0 radical (unpaired) electrons. The molecule has 0 spiro atoms. The zero-order chi connectivity index (χ0) is 11.7. The predicted octanol–water partition coefficient (Wildman–Crippen LogP) is 1.36. The number of carbonyl (C=O) groups excluding carboxylic acids is 2. The molecule has 4 nitrogen and oxygen atoms in total. The number of piperidine rings is 1.